The van der Waals surface area contributed by atoms with Crippen molar-refractivity contribution in [2.45, 2.75) is 45.6 Å². The van der Waals surface area contributed by atoms with Crippen LogP contribution in [0.2, 0.25) is 0 Å². The molecular formula is C22H30N2O2. The number of rotatable bonds is 7. The lowest BCUT2D eigenvalue weighted by Gasteiger charge is -2.35. The normalized spacial score (nSPS) is 20.8. The highest BCUT2D eigenvalue weighted by Gasteiger charge is 2.39. The van der Waals surface area contributed by atoms with Crippen molar-refractivity contribution in [3.63, 3.8) is 0 Å². The second kappa shape index (κ2) is 8.52. The highest BCUT2D eigenvalue weighted by atomic mass is 16.2. The van der Waals surface area contributed by atoms with Crippen LogP contribution >= 0.6 is 0 Å². The van der Waals surface area contributed by atoms with E-state index in [1.165, 1.54) is 0 Å². The third kappa shape index (κ3) is 4.96. The molecule has 26 heavy (non-hydrogen) atoms. The van der Waals surface area contributed by atoms with E-state index < -0.39 is 0 Å². The highest BCUT2D eigenvalue weighted by Crippen LogP contribution is 2.32. The Morgan fingerprint density at radius 1 is 1.23 bits per heavy atom. The van der Waals surface area contributed by atoms with Crippen molar-refractivity contribution in [1.29, 1.82) is 0 Å². The Hall–Kier alpha value is -2.10. The molecule has 4 heteroatoms. The molecule has 4 nitrogen and oxygen atoms in total. The fourth-order valence-corrected chi connectivity index (χ4v) is 3.65. The summed E-state index contributed by atoms with van der Waals surface area (Å²) in [6.07, 6.45) is 7.55. The second-order valence-electron chi connectivity index (χ2n) is 7.96. The Kier molecular flexibility index (Phi) is 6.12. The maximum atomic E-state index is 13.1. The first-order chi connectivity index (χ1) is 12.5. The Bertz CT molecular complexity index is 649. The standard InChI is InChI=1S/C22H30N2O2/c1-17(2)15-23(14-6-9-18-7-4-3-5-8-18)22(26)19-10-13-21(25)24(16-19)20-11-12-20/h3-9,17,19-20H,10-16H2,1-2H3/b9-6+/t19-/m1/s1. The predicted octanol–water partition coefficient (Wildman–Crippen LogP) is 3.59. The van der Waals surface area contributed by atoms with Crippen LogP contribution in [0.4, 0.5) is 0 Å². The molecule has 2 amide bonds. The molecule has 2 fully saturated rings. The van der Waals surface area contributed by atoms with E-state index >= 15 is 0 Å². The zero-order chi connectivity index (χ0) is 18.5. The summed E-state index contributed by atoms with van der Waals surface area (Å²) in [5, 5.41) is 0. The number of hydrogen-bond acceptors (Lipinski definition) is 2. The van der Waals surface area contributed by atoms with Gasteiger partial charge >= 0.3 is 0 Å². The lowest BCUT2D eigenvalue weighted by Crippen LogP contribution is -2.48. The molecule has 0 N–H and O–H groups in total. The molecule has 1 heterocycles. The summed E-state index contributed by atoms with van der Waals surface area (Å²) in [4.78, 5) is 29.2. The zero-order valence-electron chi connectivity index (χ0n) is 15.9. The van der Waals surface area contributed by atoms with Gasteiger partial charge in [-0.05, 0) is 30.7 Å². The van der Waals surface area contributed by atoms with Gasteiger partial charge in [-0.25, -0.2) is 0 Å². The third-order valence-electron chi connectivity index (χ3n) is 5.11. The number of benzene rings is 1. The summed E-state index contributed by atoms with van der Waals surface area (Å²) in [5.41, 5.74) is 1.15. The van der Waals surface area contributed by atoms with Gasteiger partial charge in [0, 0.05) is 32.1 Å². The molecule has 0 bridgehead atoms. The van der Waals surface area contributed by atoms with Crippen LogP contribution in [0, 0.1) is 11.8 Å². The van der Waals surface area contributed by atoms with E-state index in [1.54, 1.807) is 0 Å². The minimum absolute atomic E-state index is 0.0443. The molecule has 1 saturated heterocycles. The topological polar surface area (TPSA) is 40.6 Å². The van der Waals surface area contributed by atoms with Gasteiger partial charge in [-0.1, -0.05) is 56.3 Å². The smallest absolute Gasteiger partial charge is 0.227 e. The quantitative estimate of drug-likeness (QED) is 0.751. The molecule has 140 valence electrons. The molecule has 1 aromatic carbocycles. The zero-order valence-corrected chi connectivity index (χ0v) is 15.9. The number of amides is 2. The SMILES string of the molecule is CC(C)CN(C/C=C/c1ccccc1)C(=O)[C@@H]1CCC(=O)N(C2CC2)C1. The summed E-state index contributed by atoms with van der Waals surface area (Å²) in [7, 11) is 0. The highest BCUT2D eigenvalue weighted by molar-refractivity contribution is 5.84. The maximum Gasteiger partial charge on any atom is 0.227 e. The van der Waals surface area contributed by atoms with Crippen molar-refractivity contribution in [1.82, 2.24) is 9.80 Å². The van der Waals surface area contributed by atoms with Gasteiger partial charge in [0.25, 0.3) is 0 Å². The molecule has 1 atom stereocenters. The van der Waals surface area contributed by atoms with Gasteiger partial charge in [0.2, 0.25) is 11.8 Å². The predicted molar refractivity (Wildman–Crippen MR) is 104 cm³/mol. The van der Waals surface area contributed by atoms with Crippen molar-refractivity contribution >= 4 is 17.9 Å². The Labute approximate surface area is 156 Å². The van der Waals surface area contributed by atoms with Gasteiger partial charge in [0.05, 0.1) is 5.92 Å². The molecule has 1 aliphatic heterocycles. The van der Waals surface area contributed by atoms with Gasteiger partial charge in [-0.15, -0.1) is 0 Å². The minimum Gasteiger partial charge on any atom is -0.339 e. The third-order valence-corrected chi connectivity index (χ3v) is 5.11. The van der Waals surface area contributed by atoms with Crippen LogP contribution in [0.25, 0.3) is 6.08 Å². The van der Waals surface area contributed by atoms with Crippen molar-refractivity contribution in [3.05, 3.63) is 42.0 Å². The van der Waals surface area contributed by atoms with E-state index in [1.807, 2.05) is 28.0 Å². The van der Waals surface area contributed by atoms with Crippen molar-refractivity contribution in [3.8, 4) is 0 Å². The lowest BCUT2D eigenvalue weighted by molar-refractivity contribution is -0.143. The fraction of sp³-hybridized carbons (Fsp3) is 0.545. The van der Waals surface area contributed by atoms with Crippen LogP contribution < -0.4 is 0 Å². The van der Waals surface area contributed by atoms with Crippen LogP contribution in [0.15, 0.2) is 36.4 Å². The van der Waals surface area contributed by atoms with Gasteiger partial charge in [-0.2, -0.15) is 0 Å². The molecule has 0 spiro atoms. The van der Waals surface area contributed by atoms with E-state index in [-0.39, 0.29) is 17.7 Å². The first-order valence-corrected chi connectivity index (χ1v) is 9.84. The molecule has 0 aromatic heterocycles. The number of carbonyl (C=O) groups excluding carboxylic acids is 2. The molecule has 3 rings (SSSR count). The van der Waals surface area contributed by atoms with Crippen LogP contribution in [0.3, 0.4) is 0 Å². The Balaban J connectivity index is 1.63. The van der Waals surface area contributed by atoms with Crippen molar-refractivity contribution in [2.75, 3.05) is 19.6 Å². The summed E-state index contributed by atoms with van der Waals surface area (Å²) in [6.45, 7) is 6.27. The molecule has 1 saturated carbocycles. The van der Waals surface area contributed by atoms with E-state index in [0.717, 1.165) is 24.9 Å². The number of likely N-dealkylation sites (tertiary alicyclic amines) is 1. The molecule has 0 radical (unpaired) electrons. The minimum atomic E-state index is -0.0443. The first-order valence-electron chi connectivity index (χ1n) is 9.84. The van der Waals surface area contributed by atoms with Crippen LogP contribution in [0.1, 0.15) is 45.1 Å². The van der Waals surface area contributed by atoms with Gasteiger partial charge in [-0.3, -0.25) is 9.59 Å². The summed E-state index contributed by atoms with van der Waals surface area (Å²) in [5.74, 6) is 0.816. The summed E-state index contributed by atoms with van der Waals surface area (Å²) >= 11 is 0. The second-order valence-corrected chi connectivity index (χ2v) is 7.96. The first kappa shape index (κ1) is 18.7. The lowest BCUT2D eigenvalue weighted by atomic mass is 9.95. The van der Waals surface area contributed by atoms with Crippen molar-refractivity contribution in [2.24, 2.45) is 11.8 Å². The maximum absolute atomic E-state index is 13.1. The van der Waals surface area contributed by atoms with Gasteiger partial charge < -0.3 is 9.80 Å². The van der Waals surface area contributed by atoms with Crippen LogP contribution in [-0.2, 0) is 9.59 Å². The number of carbonyl (C=O) groups is 2. The van der Waals surface area contributed by atoms with Gasteiger partial charge in [0.15, 0.2) is 0 Å². The van der Waals surface area contributed by atoms with E-state index in [2.05, 4.69) is 38.1 Å². The fourth-order valence-electron chi connectivity index (χ4n) is 3.65. The molecule has 1 aromatic rings. The molecular weight excluding hydrogens is 324 g/mol. The van der Waals surface area contributed by atoms with Crippen LogP contribution in [-0.4, -0.2) is 47.3 Å². The van der Waals surface area contributed by atoms with Gasteiger partial charge in [0.1, 0.15) is 0 Å². The summed E-state index contributed by atoms with van der Waals surface area (Å²) < 4.78 is 0. The van der Waals surface area contributed by atoms with Crippen LogP contribution in [0.5, 0.6) is 0 Å². The molecule has 2 aliphatic rings. The van der Waals surface area contributed by atoms with E-state index in [4.69, 9.17) is 0 Å². The Morgan fingerprint density at radius 2 is 1.96 bits per heavy atom. The molecule has 1 aliphatic carbocycles. The Morgan fingerprint density at radius 3 is 2.62 bits per heavy atom. The average Bonchev–Trinajstić information content (AvgIpc) is 3.46. The molecule has 0 unspecified atom stereocenters. The van der Waals surface area contributed by atoms with E-state index in [0.29, 0.717) is 37.9 Å². The summed E-state index contributed by atoms with van der Waals surface area (Å²) in [6, 6.07) is 10.6. The van der Waals surface area contributed by atoms with E-state index in [9.17, 15) is 9.59 Å². The number of piperidine rings is 1. The number of hydrogen-bond donors (Lipinski definition) is 0. The largest absolute Gasteiger partial charge is 0.339 e. The average molecular weight is 354 g/mol. The number of nitrogens with zero attached hydrogens (tertiary/aromatic N) is 2. The van der Waals surface area contributed by atoms with Crippen molar-refractivity contribution < 1.29 is 9.59 Å². The monoisotopic (exact) mass is 354 g/mol.